The molecule has 0 saturated heterocycles. The van der Waals surface area contributed by atoms with Gasteiger partial charge in [0.05, 0.1) is 11.3 Å². The summed E-state index contributed by atoms with van der Waals surface area (Å²) < 4.78 is 0. The van der Waals surface area contributed by atoms with Crippen molar-refractivity contribution in [3.05, 3.63) is 23.8 Å². The Labute approximate surface area is 94.7 Å². The number of hydrogen-bond donors (Lipinski definition) is 2. The fraction of sp³-hybridized carbons (Fsp3) is 0.417. The Kier molecular flexibility index (Phi) is 2.73. The number of rotatable bonds is 4. The molecule has 2 rings (SSSR count). The number of carboxylic acid groups (broad SMARTS) is 1. The number of anilines is 2. The number of nitrogens with two attached hydrogens (primary N) is 1. The van der Waals surface area contributed by atoms with Crippen molar-refractivity contribution in [1.29, 1.82) is 0 Å². The zero-order valence-corrected chi connectivity index (χ0v) is 9.31. The van der Waals surface area contributed by atoms with Crippen LogP contribution in [0.2, 0.25) is 0 Å². The van der Waals surface area contributed by atoms with Gasteiger partial charge in [0.1, 0.15) is 0 Å². The molecule has 0 spiro atoms. The number of nitrogens with zero attached hydrogens (tertiary/aromatic N) is 1. The molecule has 0 bridgehead atoms. The molecule has 16 heavy (non-hydrogen) atoms. The van der Waals surface area contributed by atoms with Crippen LogP contribution in [0.4, 0.5) is 11.4 Å². The first kappa shape index (κ1) is 10.8. The summed E-state index contributed by atoms with van der Waals surface area (Å²) in [5, 5.41) is 9.15. The molecule has 0 radical (unpaired) electrons. The average molecular weight is 220 g/mol. The van der Waals surface area contributed by atoms with Crippen molar-refractivity contribution in [2.45, 2.75) is 25.8 Å². The first-order valence-electron chi connectivity index (χ1n) is 5.53. The SMILES string of the molecule is CCN(c1ccc(N)cc1C(=O)O)C1CC1. The van der Waals surface area contributed by atoms with Crippen molar-refractivity contribution in [2.24, 2.45) is 0 Å². The molecule has 0 aromatic heterocycles. The lowest BCUT2D eigenvalue weighted by atomic mass is 10.1. The van der Waals surface area contributed by atoms with Gasteiger partial charge in [-0.25, -0.2) is 4.79 Å². The number of aromatic carboxylic acids is 1. The van der Waals surface area contributed by atoms with Crippen LogP contribution in [0.25, 0.3) is 0 Å². The predicted octanol–water partition coefficient (Wildman–Crippen LogP) is 1.96. The van der Waals surface area contributed by atoms with Gasteiger partial charge in [0.15, 0.2) is 0 Å². The van der Waals surface area contributed by atoms with Crippen LogP contribution in [0, 0.1) is 0 Å². The lowest BCUT2D eigenvalue weighted by Crippen LogP contribution is -2.27. The van der Waals surface area contributed by atoms with Gasteiger partial charge in [0.2, 0.25) is 0 Å². The van der Waals surface area contributed by atoms with Crippen molar-refractivity contribution in [3.63, 3.8) is 0 Å². The van der Waals surface area contributed by atoms with E-state index in [9.17, 15) is 4.79 Å². The van der Waals surface area contributed by atoms with Crippen molar-refractivity contribution in [3.8, 4) is 0 Å². The van der Waals surface area contributed by atoms with E-state index in [1.54, 1.807) is 12.1 Å². The molecule has 0 heterocycles. The summed E-state index contributed by atoms with van der Waals surface area (Å²) in [5.41, 5.74) is 7.19. The molecule has 0 aliphatic heterocycles. The maximum atomic E-state index is 11.2. The molecular formula is C12H16N2O2. The predicted molar refractivity (Wildman–Crippen MR) is 63.9 cm³/mol. The van der Waals surface area contributed by atoms with Crippen LogP contribution in [0.1, 0.15) is 30.1 Å². The summed E-state index contributed by atoms with van der Waals surface area (Å²) in [6, 6.07) is 5.60. The van der Waals surface area contributed by atoms with Gasteiger partial charge in [-0.3, -0.25) is 0 Å². The summed E-state index contributed by atoms with van der Waals surface area (Å²) in [5.74, 6) is -0.915. The normalized spacial score (nSPS) is 14.8. The minimum absolute atomic E-state index is 0.300. The van der Waals surface area contributed by atoms with Crippen molar-refractivity contribution >= 4 is 17.3 Å². The van der Waals surface area contributed by atoms with Crippen LogP contribution in [-0.2, 0) is 0 Å². The zero-order valence-electron chi connectivity index (χ0n) is 9.31. The summed E-state index contributed by atoms with van der Waals surface area (Å²) >= 11 is 0. The Balaban J connectivity index is 2.41. The monoisotopic (exact) mass is 220 g/mol. The van der Waals surface area contributed by atoms with Gasteiger partial charge < -0.3 is 15.7 Å². The molecule has 1 aromatic carbocycles. The van der Waals surface area contributed by atoms with Crippen molar-refractivity contribution < 1.29 is 9.90 Å². The average Bonchev–Trinajstić information content (AvgIpc) is 3.05. The summed E-state index contributed by atoms with van der Waals surface area (Å²) in [4.78, 5) is 13.3. The Morgan fingerprint density at radius 2 is 2.25 bits per heavy atom. The molecule has 1 aliphatic rings. The number of hydrogen-bond acceptors (Lipinski definition) is 3. The lowest BCUT2D eigenvalue weighted by Gasteiger charge is -2.24. The van der Waals surface area contributed by atoms with Gasteiger partial charge in [0, 0.05) is 18.3 Å². The molecule has 0 atom stereocenters. The van der Waals surface area contributed by atoms with Gasteiger partial charge in [-0.15, -0.1) is 0 Å². The van der Waals surface area contributed by atoms with E-state index in [-0.39, 0.29) is 0 Å². The van der Waals surface area contributed by atoms with Gasteiger partial charge in [-0.1, -0.05) is 0 Å². The minimum Gasteiger partial charge on any atom is -0.478 e. The molecule has 3 N–H and O–H groups in total. The second kappa shape index (κ2) is 4.04. The van der Waals surface area contributed by atoms with Gasteiger partial charge in [0.25, 0.3) is 0 Å². The Morgan fingerprint density at radius 1 is 1.56 bits per heavy atom. The van der Waals surface area contributed by atoms with Crippen LogP contribution in [0.15, 0.2) is 18.2 Å². The Bertz CT molecular complexity index is 413. The molecule has 86 valence electrons. The van der Waals surface area contributed by atoms with E-state index in [4.69, 9.17) is 10.8 Å². The summed E-state index contributed by atoms with van der Waals surface area (Å²) in [7, 11) is 0. The fourth-order valence-corrected chi connectivity index (χ4v) is 1.99. The second-order valence-electron chi connectivity index (χ2n) is 4.10. The zero-order chi connectivity index (χ0) is 11.7. The molecule has 1 fully saturated rings. The third kappa shape index (κ3) is 1.96. The van der Waals surface area contributed by atoms with Crippen LogP contribution < -0.4 is 10.6 Å². The molecule has 0 unspecified atom stereocenters. The summed E-state index contributed by atoms with van der Waals surface area (Å²) in [6.45, 7) is 2.87. The molecule has 0 amide bonds. The van der Waals surface area contributed by atoms with E-state index < -0.39 is 5.97 Å². The van der Waals surface area contributed by atoms with E-state index in [2.05, 4.69) is 4.90 Å². The number of carboxylic acids is 1. The fourth-order valence-electron chi connectivity index (χ4n) is 1.99. The third-order valence-electron chi connectivity index (χ3n) is 2.89. The molecule has 4 nitrogen and oxygen atoms in total. The van der Waals surface area contributed by atoms with Crippen LogP contribution in [0.5, 0.6) is 0 Å². The maximum absolute atomic E-state index is 11.2. The highest BCUT2D eigenvalue weighted by atomic mass is 16.4. The van der Waals surface area contributed by atoms with Crippen molar-refractivity contribution in [1.82, 2.24) is 0 Å². The highest BCUT2D eigenvalue weighted by molar-refractivity contribution is 5.95. The molecule has 1 aliphatic carbocycles. The third-order valence-corrected chi connectivity index (χ3v) is 2.89. The van der Waals surface area contributed by atoms with Gasteiger partial charge >= 0.3 is 5.97 Å². The van der Waals surface area contributed by atoms with E-state index in [1.165, 1.54) is 6.07 Å². The highest BCUT2D eigenvalue weighted by Crippen LogP contribution is 2.34. The first-order chi connectivity index (χ1) is 7.63. The van der Waals surface area contributed by atoms with Gasteiger partial charge in [-0.05, 0) is 38.0 Å². The Hall–Kier alpha value is -1.71. The Morgan fingerprint density at radius 3 is 2.75 bits per heavy atom. The van der Waals surface area contributed by atoms with Crippen LogP contribution in [-0.4, -0.2) is 23.7 Å². The lowest BCUT2D eigenvalue weighted by molar-refractivity contribution is 0.0697. The standard InChI is InChI=1S/C12H16N2O2/c1-2-14(9-4-5-9)11-6-3-8(13)7-10(11)12(15)16/h3,6-7,9H,2,4-5,13H2,1H3,(H,15,16). The smallest absolute Gasteiger partial charge is 0.337 e. The van der Waals surface area contributed by atoms with Crippen LogP contribution in [0.3, 0.4) is 0 Å². The topological polar surface area (TPSA) is 66.6 Å². The quantitative estimate of drug-likeness (QED) is 0.761. The molecule has 4 heteroatoms. The van der Waals surface area contributed by atoms with Crippen molar-refractivity contribution in [2.75, 3.05) is 17.2 Å². The first-order valence-corrected chi connectivity index (χ1v) is 5.53. The number of nitrogen functional groups attached to an aromatic ring is 1. The minimum atomic E-state index is -0.915. The van der Waals surface area contributed by atoms with E-state index >= 15 is 0 Å². The number of carbonyl (C=O) groups is 1. The summed E-state index contributed by atoms with van der Waals surface area (Å²) in [6.07, 6.45) is 2.30. The second-order valence-corrected chi connectivity index (χ2v) is 4.10. The largest absolute Gasteiger partial charge is 0.478 e. The maximum Gasteiger partial charge on any atom is 0.337 e. The van der Waals surface area contributed by atoms with Crippen LogP contribution >= 0.6 is 0 Å². The van der Waals surface area contributed by atoms with E-state index in [0.29, 0.717) is 17.3 Å². The number of benzene rings is 1. The van der Waals surface area contributed by atoms with Gasteiger partial charge in [-0.2, -0.15) is 0 Å². The molecule has 1 aromatic rings. The highest BCUT2D eigenvalue weighted by Gasteiger charge is 2.30. The molecule has 1 saturated carbocycles. The van der Waals surface area contributed by atoms with E-state index in [0.717, 1.165) is 25.1 Å². The molecular weight excluding hydrogens is 204 g/mol. The van der Waals surface area contributed by atoms with E-state index in [1.807, 2.05) is 6.92 Å².